The summed E-state index contributed by atoms with van der Waals surface area (Å²) in [6.07, 6.45) is 4.35. The minimum atomic E-state index is -0.0217. The Balaban J connectivity index is 2.19. The van der Waals surface area contributed by atoms with Gasteiger partial charge in [0.25, 0.3) is 0 Å². The van der Waals surface area contributed by atoms with Crippen LogP contribution in [0.1, 0.15) is 31.4 Å². The summed E-state index contributed by atoms with van der Waals surface area (Å²) in [4.78, 5) is 28.8. The van der Waals surface area contributed by atoms with Crippen LogP contribution in [-0.2, 0) is 9.59 Å². The number of nitrogens with zero attached hydrogens (tertiary/aromatic N) is 1. The second kappa shape index (κ2) is 5.96. The molecule has 3 nitrogen and oxygen atoms in total. The Bertz CT molecular complexity index is 488. The van der Waals surface area contributed by atoms with Crippen LogP contribution < -0.4 is 0 Å². The Labute approximate surface area is 111 Å². The van der Waals surface area contributed by atoms with Gasteiger partial charge >= 0.3 is 0 Å². The summed E-state index contributed by atoms with van der Waals surface area (Å²) in [7, 11) is 0. The third kappa shape index (κ3) is 3.07. The first-order chi connectivity index (χ1) is 8.68. The summed E-state index contributed by atoms with van der Waals surface area (Å²) in [6.45, 7) is 1.91. The van der Waals surface area contributed by atoms with Gasteiger partial charge in [0.15, 0.2) is 11.6 Å². The van der Waals surface area contributed by atoms with Crippen molar-refractivity contribution in [2.75, 3.05) is 0 Å². The van der Waals surface area contributed by atoms with Crippen molar-refractivity contribution in [3.8, 4) is 0 Å². The zero-order valence-corrected chi connectivity index (χ0v) is 11.1. The normalized spacial score (nSPS) is 16.6. The van der Waals surface area contributed by atoms with Gasteiger partial charge in [0.2, 0.25) is 0 Å². The summed E-state index contributed by atoms with van der Waals surface area (Å²) < 4.78 is 0. The highest BCUT2D eigenvalue weighted by molar-refractivity contribution is 8.02. The van der Waals surface area contributed by atoms with Gasteiger partial charge in [-0.1, -0.05) is 11.8 Å². The van der Waals surface area contributed by atoms with Crippen molar-refractivity contribution < 1.29 is 9.59 Å². The average molecular weight is 261 g/mol. The summed E-state index contributed by atoms with van der Waals surface area (Å²) in [5, 5.41) is 1.69. The molecule has 1 aromatic rings. The van der Waals surface area contributed by atoms with Gasteiger partial charge in [-0.2, -0.15) is 0 Å². The maximum atomic E-state index is 11.8. The van der Waals surface area contributed by atoms with Crippen LogP contribution in [-0.4, -0.2) is 16.6 Å². The molecule has 1 aliphatic carbocycles. The van der Waals surface area contributed by atoms with Gasteiger partial charge in [-0.05, 0) is 37.3 Å². The number of ketones is 2. The van der Waals surface area contributed by atoms with E-state index in [1.807, 2.05) is 19.1 Å². The predicted octanol–water partition coefficient (Wildman–Crippen LogP) is 3.08. The van der Waals surface area contributed by atoms with E-state index >= 15 is 0 Å². The zero-order chi connectivity index (χ0) is 13.0. The SMILES string of the molecule is Cc1ncccc1SC=C1C(=O)CCCCC1=O. The first kappa shape index (κ1) is 13.0. The summed E-state index contributed by atoms with van der Waals surface area (Å²) in [5.74, 6) is -0.0434. The lowest BCUT2D eigenvalue weighted by molar-refractivity contribution is -0.120. The smallest absolute Gasteiger partial charge is 0.166 e. The van der Waals surface area contributed by atoms with Crippen LogP contribution >= 0.6 is 11.8 Å². The molecule has 0 radical (unpaired) electrons. The monoisotopic (exact) mass is 261 g/mol. The fourth-order valence-electron chi connectivity index (χ4n) is 1.84. The Hall–Kier alpha value is -1.42. The van der Waals surface area contributed by atoms with Crippen LogP contribution in [0.15, 0.2) is 34.2 Å². The summed E-state index contributed by atoms with van der Waals surface area (Å²) >= 11 is 1.40. The van der Waals surface area contributed by atoms with E-state index < -0.39 is 0 Å². The molecule has 0 aromatic carbocycles. The predicted molar refractivity (Wildman–Crippen MR) is 71.4 cm³/mol. The lowest BCUT2D eigenvalue weighted by Crippen LogP contribution is -2.08. The fourth-order valence-corrected chi connectivity index (χ4v) is 2.73. The lowest BCUT2D eigenvalue weighted by atomic mass is 10.1. The number of allylic oxidation sites excluding steroid dienone is 1. The molecule has 1 fully saturated rings. The molecule has 0 saturated heterocycles. The lowest BCUT2D eigenvalue weighted by Gasteiger charge is -2.03. The molecule has 1 heterocycles. The van der Waals surface area contributed by atoms with Crippen LogP contribution in [0.3, 0.4) is 0 Å². The molecular weight excluding hydrogens is 246 g/mol. The quantitative estimate of drug-likeness (QED) is 0.355. The fraction of sp³-hybridized carbons (Fsp3) is 0.357. The van der Waals surface area contributed by atoms with Gasteiger partial charge < -0.3 is 0 Å². The summed E-state index contributed by atoms with van der Waals surface area (Å²) in [5.41, 5.74) is 1.27. The minimum Gasteiger partial charge on any atom is -0.294 e. The maximum Gasteiger partial charge on any atom is 0.166 e. The zero-order valence-electron chi connectivity index (χ0n) is 10.3. The van der Waals surface area contributed by atoms with Gasteiger partial charge in [-0.25, -0.2) is 0 Å². The van der Waals surface area contributed by atoms with E-state index in [1.54, 1.807) is 11.6 Å². The van der Waals surface area contributed by atoms with E-state index in [4.69, 9.17) is 0 Å². The Morgan fingerprint density at radius 2 is 1.89 bits per heavy atom. The van der Waals surface area contributed by atoms with Crippen LogP contribution in [0.25, 0.3) is 0 Å². The van der Waals surface area contributed by atoms with E-state index in [2.05, 4.69) is 4.98 Å². The Morgan fingerprint density at radius 3 is 2.50 bits per heavy atom. The third-order valence-electron chi connectivity index (χ3n) is 2.92. The summed E-state index contributed by atoms with van der Waals surface area (Å²) in [6, 6.07) is 3.79. The molecule has 0 atom stereocenters. The van der Waals surface area contributed by atoms with Gasteiger partial charge in [0.05, 0.1) is 11.3 Å². The molecule has 18 heavy (non-hydrogen) atoms. The van der Waals surface area contributed by atoms with Gasteiger partial charge in [0, 0.05) is 23.9 Å². The molecule has 0 aliphatic heterocycles. The average Bonchev–Trinajstić information content (AvgIpc) is 2.51. The second-order valence-electron chi connectivity index (χ2n) is 4.29. The number of hydrogen-bond donors (Lipinski definition) is 0. The van der Waals surface area contributed by atoms with Gasteiger partial charge in [-0.15, -0.1) is 0 Å². The molecule has 0 unspecified atom stereocenters. The number of carbonyl (C=O) groups is 2. The number of carbonyl (C=O) groups excluding carboxylic acids is 2. The molecular formula is C14H15NO2S. The number of Topliss-reactive ketones (excluding diaryl/α,β-unsaturated/α-hetero) is 2. The Morgan fingerprint density at radius 1 is 1.22 bits per heavy atom. The van der Waals surface area contributed by atoms with Crippen LogP contribution in [0, 0.1) is 6.92 Å². The molecule has 94 valence electrons. The molecule has 0 amide bonds. The van der Waals surface area contributed by atoms with E-state index in [9.17, 15) is 9.59 Å². The topological polar surface area (TPSA) is 47.0 Å². The van der Waals surface area contributed by atoms with Crippen molar-refractivity contribution in [2.45, 2.75) is 37.5 Å². The first-order valence-electron chi connectivity index (χ1n) is 6.03. The Kier molecular flexibility index (Phi) is 4.31. The molecule has 0 spiro atoms. The van der Waals surface area contributed by atoms with Crippen molar-refractivity contribution in [3.05, 3.63) is 35.0 Å². The van der Waals surface area contributed by atoms with Crippen LogP contribution in [0.5, 0.6) is 0 Å². The van der Waals surface area contributed by atoms with Crippen molar-refractivity contribution in [2.24, 2.45) is 0 Å². The number of thioether (sulfide) groups is 1. The minimum absolute atomic E-state index is 0.0217. The number of rotatable bonds is 2. The molecule has 0 bridgehead atoms. The second-order valence-corrected chi connectivity index (χ2v) is 5.20. The highest BCUT2D eigenvalue weighted by Crippen LogP contribution is 2.25. The number of pyridine rings is 1. The molecule has 1 aromatic heterocycles. The van der Waals surface area contributed by atoms with E-state index in [0.717, 1.165) is 23.4 Å². The van der Waals surface area contributed by atoms with Crippen molar-refractivity contribution in [3.63, 3.8) is 0 Å². The van der Waals surface area contributed by atoms with E-state index in [-0.39, 0.29) is 11.6 Å². The van der Waals surface area contributed by atoms with Crippen molar-refractivity contribution in [1.82, 2.24) is 4.98 Å². The van der Waals surface area contributed by atoms with E-state index in [1.165, 1.54) is 11.8 Å². The third-order valence-corrected chi connectivity index (χ3v) is 3.96. The van der Waals surface area contributed by atoms with Crippen molar-refractivity contribution >= 4 is 23.3 Å². The standard InChI is InChI=1S/C14H15NO2S/c1-10-14(7-4-8-15-10)18-9-11-12(16)5-2-3-6-13(11)17/h4,7-9H,2-3,5-6H2,1H3. The largest absolute Gasteiger partial charge is 0.294 e. The van der Waals surface area contributed by atoms with Crippen molar-refractivity contribution in [1.29, 1.82) is 0 Å². The van der Waals surface area contributed by atoms with Crippen LogP contribution in [0.2, 0.25) is 0 Å². The van der Waals surface area contributed by atoms with Gasteiger partial charge in [0.1, 0.15) is 0 Å². The highest BCUT2D eigenvalue weighted by Gasteiger charge is 2.21. The molecule has 0 N–H and O–H groups in total. The molecule has 1 saturated carbocycles. The number of hydrogen-bond acceptors (Lipinski definition) is 4. The highest BCUT2D eigenvalue weighted by atomic mass is 32.2. The maximum absolute atomic E-state index is 11.8. The molecule has 1 aliphatic rings. The number of aryl methyl sites for hydroxylation is 1. The first-order valence-corrected chi connectivity index (χ1v) is 6.91. The van der Waals surface area contributed by atoms with E-state index in [0.29, 0.717) is 18.4 Å². The van der Waals surface area contributed by atoms with Crippen LogP contribution in [0.4, 0.5) is 0 Å². The molecule has 2 rings (SSSR count). The number of aromatic nitrogens is 1. The molecule has 4 heteroatoms. The van der Waals surface area contributed by atoms with Gasteiger partial charge in [-0.3, -0.25) is 14.6 Å².